The fourth-order valence-electron chi connectivity index (χ4n) is 2.24. The number of halogens is 2. The summed E-state index contributed by atoms with van der Waals surface area (Å²) in [5, 5.41) is 0.180. The van der Waals surface area contributed by atoms with Gasteiger partial charge >= 0.3 is 0 Å². The first-order chi connectivity index (χ1) is 10.0. The molecule has 5 heteroatoms. The second-order valence-electron chi connectivity index (χ2n) is 5.56. The number of ether oxygens (including phenoxy) is 1. The van der Waals surface area contributed by atoms with Crippen molar-refractivity contribution in [2.45, 2.75) is 39.2 Å². The van der Waals surface area contributed by atoms with Gasteiger partial charge in [-0.3, -0.25) is 4.79 Å². The molecule has 0 N–H and O–H groups in total. The number of rotatable bonds is 7. The molecule has 0 aromatic heterocycles. The van der Waals surface area contributed by atoms with Gasteiger partial charge in [0, 0.05) is 13.1 Å². The molecule has 1 atom stereocenters. The fourth-order valence-corrected chi connectivity index (χ4v) is 2.45. The Morgan fingerprint density at radius 2 is 2.24 bits per heavy atom. The van der Waals surface area contributed by atoms with Crippen molar-refractivity contribution >= 4 is 17.5 Å². The van der Waals surface area contributed by atoms with E-state index in [1.807, 2.05) is 4.90 Å². The summed E-state index contributed by atoms with van der Waals surface area (Å²) in [4.78, 5) is 14.3. The lowest BCUT2D eigenvalue weighted by molar-refractivity contribution is -0.138. The number of nitrogens with zero attached hydrogens (tertiary/aromatic N) is 1. The minimum absolute atomic E-state index is 0.0378. The van der Waals surface area contributed by atoms with E-state index < -0.39 is 11.9 Å². The number of carbonyl (C=O) groups excluding carboxylic acids is 1. The lowest BCUT2D eigenvalue weighted by Crippen LogP contribution is -2.42. The Morgan fingerprint density at radius 1 is 1.52 bits per heavy atom. The summed E-state index contributed by atoms with van der Waals surface area (Å²) < 4.78 is 18.6. The van der Waals surface area contributed by atoms with E-state index in [-0.39, 0.29) is 10.9 Å². The molecule has 21 heavy (non-hydrogen) atoms. The highest BCUT2D eigenvalue weighted by atomic mass is 35.5. The fraction of sp³-hybridized carbons (Fsp3) is 0.562. The van der Waals surface area contributed by atoms with Gasteiger partial charge in [0.2, 0.25) is 0 Å². The minimum Gasteiger partial charge on any atom is -0.479 e. The summed E-state index contributed by atoms with van der Waals surface area (Å²) in [5.41, 5.74) is 0. The van der Waals surface area contributed by atoms with E-state index >= 15 is 0 Å². The van der Waals surface area contributed by atoms with Gasteiger partial charge in [-0.2, -0.15) is 0 Å². The highest BCUT2D eigenvalue weighted by molar-refractivity contribution is 6.32. The van der Waals surface area contributed by atoms with Crippen LogP contribution in [0.5, 0.6) is 5.75 Å². The van der Waals surface area contributed by atoms with Crippen LogP contribution in [0, 0.1) is 11.7 Å². The van der Waals surface area contributed by atoms with Crippen LogP contribution in [0.4, 0.5) is 4.39 Å². The number of benzene rings is 1. The molecule has 0 saturated heterocycles. The van der Waals surface area contributed by atoms with Crippen molar-refractivity contribution in [3.8, 4) is 5.75 Å². The molecule has 1 amide bonds. The summed E-state index contributed by atoms with van der Waals surface area (Å²) in [6.45, 7) is 5.30. The molecule has 0 spiro atoms. The third-order valence-electron chi connectivity index (χ3n) is 3.53. The predicted molar refractivity (Wildman–Crippen MR) is 81.1 cm³/mol. The Balaban J connectivity index is 1.99. The SMILES string of the molecule is CCCN(CC1CC1)C(=O)C(C)Oc1ccc(F)cc1Cl. The van der Waals surface area contributed by atoms with Crippen molar-refractivity contribution in [3.63, 3.8) is 0 Å². The van der Waals surface area contributed by atoms with Gasteiger partial charge in [-0.25, -0.2) is 4.39 Å². The molecule has 1 aliphatic rings. The van der Waals surface area contributed by atoms with Crippen molar-refractivity contribution in [1.29, 1.82) is 0 Å². The molecule has 0 bridgehead atoms. The van der Waals surface area contributed by atoms with Crippen LogP contribution in [0.25, 0.3) is 0 Å². The number of carbonyl (C=O) groups is 1. The van der Waals surface area contributed by atoms with Crippen LogP contribution >= 0.6 is 11.6 Å². The molecule has 1 saturated carbocycles. The second kappa shape index (κ2) is 7.12. The molecule has 0 radical (unpaired) electrons. The Labute approximate surface area is 130 Å². The van der Waals surface area contributed by atoms with Crippen molar-refractivity contribution in [1.82, 2.24) is 4.90 Å². The summed E-state index contributed by atoms with van der Waals surface area (Å²) in [6.07, 6.45) is 2.69. The molecule has 1 fully saturated rings. The molecule has 1 aromatic rings. The number of hydrogen-bond donors (Lipinski definition) is 0. The zero-order valence-electron chi connectivity index (χ0n) is 12.4. The van der Waals surface area contributed by atoms with Gasteiger partial charge in [0.05, 0.1) is 5.02 Å². The van der Waals surface area contributed by atoms with Crippen LogP contribution in [-0.2, 0) is 4.79 Å². The molecule has 2 rings (SSSR count). The van der Waals surface area contributed by atoms with Crippen molar-refractivity contribution < 1.29 is 13.9 Å². The first kappa shape index (κ1) is 16.1. The smallest absolute Gasteiger partial charge is 0.263 e. The third-order valence-corrected chi connectivity index (χ3v) is 3.82. The van der Waals surface area contributed by atoms with Gasteiger partial charge in [0.25, 0.3) is 5.91 Å². The van der Waals surface area contributed by atoms with Crippen LogP contribution in [0.15, 0.2) is 18.2 Å². The maximum absolute atomic E-state index is 13.0. The van der Waals surface area contributed by atoms with E-state index in [1.165, 1.54) is 31.0 Å². The molecule has 3 nitrogen and oxygen atoms in total. The van der Waals surface area contributed by atoms with E-state index in [0.29, 0.717) is 11.7 Å². The van der Waals surface area contributed by atoms with Crippen LogP contribution < -0.4 is 4.74 Å². The van der Waals surface area contributed by atoms with Crippen LogP contribution in [-0.4, -0.2) is 30.0 Å². The van der Waals surface area contributed by atoms with E-state index in [1.54, 1.807) is 6.92 Å². The average Bonchev–Trinajstić information content (AvgIpc) is 3.24. The van der Waals surface area contributed by atoms with Gasteiger partial charge in [-0.15, -0.1) is 0 Å². The topological polar surface area (TPSA) is 29.5 Å². The zero-order chi connectivity index (χ0) is 15.4. The Morgan fingerprint density at radius 3 is 2.81 bits per heavy atom. The monoisotopic (exact) mass is 313 g/mol. The Hall–Kier alpha value is -1.29. The van der Waals surface area contributed by atoms with Gasteiger partial charge < -0.3 is 9.64 Å². The lowest BCUT2D eigenvalue weighted by atomic mass is 10.2. The van der Waals surface area contributed by atoms with Gasteiger partial charge in [-0.1, -0.05) is 18.5 Å². The first-order valence-electron chi connectivity index (χ1n) is 7.41. The maximum Gasteiger partial charge on any atom is 0.263 e. The standard InChI is InChI=1S/C16H21ClFNO2/c1-3-8-19(10-12-4-5-12)16(20)11(2)21-15-7-6-13(18)9-14(15)17/h6-7,9,11-12H,3-5,8,10H2,1-2H3. The molecule has 1 unspecified atom stereocenters. The van der Waals surface area contributed by atoms with Crippen molar-refractivity contribution in [2.75, 3.05) is 13.1 Å². The quantitative estimate of drug-likeness (QED) is 0.764. The average molecular weight is 314 g/mol. The zero-order valence-corrected chi connectivity index (χ0v) is 13.2. The summed E-state index contributed by atoms with van der Waals surface area (Å²) in [5.74, 6) is 0.515. The minimum atomic E-state index is -0.627. The third kappa shape index (κ3) is 4.60. The van der Waals surface area contributed by atoms with E-state index in [0.717, 1.165) is 19.5 Å². The number of amides is 1. The summed E-state index contributed by atoms with van der Waals surface area (Å²) in [7, 11) is 0. The molecule has 116 valence electrons. The van der Waals surface area contributed by atoms with E-state index in [4.69, 9.17) is 16.3 Å². The molecule has 0 heterocycles. The highest BCUT2D eigenvalue weighted by Gasteiger charge is 2.29. The second-order valence-corrected chi connectivity index (χ2v) is 5.97. The molecular weight excluding hydrogens is 293 g/mol. The maximum atomic E-state index is 13.0. The Bertz CT molecular complexity index is 505. The predicted octanol–water partition coefficient (Wildman–Crippen LogP) is 3.90. The van der Waals surface area contributed by atoms with Crippen molar-refractivity contribution in [2.24, 2.45) is 5.92 Å². The lowest BCUT2D eigenvalue weighted by Gasteiger charge is -2.26. The normalized spacial score (nSPS) is 15.6. The Kier molecular flexibility index (Phi) is 5.45. The number of hydrogen-bond acceptors (Lipinski definition) is 2. The van der Waals surface area contributed by atoms with E-state index in [9.17, 15) is 9.18 Å². The van der Waals surface area contributed by atoms with Crippen molar-refractivity contribution in [3.05, 3.63) is 29.0 Å². The van der Waals surface area contributed by atoms with Crippen LogP contribution in [0.3, 0.4) is 0 Å². The van der Waals surface area contributed by atoms with Crippen LogP contribution in [0.2, 0.25) is 5.02 Å². The summed E-state index contributed by atoms with van der Waals surface area (Å²) in [6, 6.07) is 3.90. The van der Waals surface area contributed by atoms with Crippen LogP contribution in [0.1, 0.15) is 33.1 Å². The molecule has 1 aromatic carbocycles. The first-order valence-corrected chi connectivity index (χ1v) is 7.79. The van der Waals surface area contributed by atoms with Gasteiger partial charge in [0.1, 0.15) is 11.6 Å². The largest absolute Gasteiger partial charge is 0.479 e. The highest BCUT2D eigenvalue weighted by Crippen LogP contribution is 2.30. The van der Waals surface area contributed by atoms with E-state index in [2.05, 4.69) is 6.92 Å². The molecular formula is C16H21ClFNO2. The molecule has 1 aliphatic carbocycles. The summed E-state index contributed by atoms with van der Waals surface area (Å²) >= 11 is 5.92. The van der Waals surface area contributed by atoms with Gasteiger partial charge in [0.15, 0.2) is 6.10 Å². The molecule has 0 aliphatic heterocycles. The van der Waals surface area contributed by atoms with Gasteiger partial charge in [-0.05, 0) is 50.3 Å².